The van der Waals surface area contributed by atoms with Crippen molar-refractivity contribution in [3.63, 3.8) is 0 Å². The zero-order valence-electron chi connectivity index (χ0n) is 12.8. The fourth-order valence-electron chi connectivity index (χ4n) is 3.01. The van der Waals surface area contributed by atoms with Crippen LogP contribution in [0.25, 0.3) is 22.6 Å². The summed E-state index contributed by atoms with van der Waals surface area (Å²) in [5.41, 5.74) is -0.196. The highest BCUT2D eigenvalue weighted by molar-refractivity contribution is 5.85. The van der Waals surface area contributed by atoms with E-state index in [4.69, 9.17) is 9.15 Å². The zero-order chi connectivity index (χ0) is 16.9. The summed E-state index contributed by atoms with van der Waals surface area (Å²) >= 11 is 0. The van der Waals surface area contributed by atoms with Crippen LogP contribution in [0.2, 0.25) is 0 Å². The van der Waals surface area contributed by atoms with Gasteiger partial charge in [-0.15, -0.1) is 0 Å². The van der Waals surface area contributed by atoms with Crippen molar-refractivity contribution >= 4 is 11.2 Å². The van der Waals surface area contributed by atoms with Crippen molar-refractivity contribution in [2.24, 2.45) is 0 Å². The Balaban J connectivity index is 1.83. The molecule has 9 nitrogen and oxygen atoms in total. The highest BCUT2D eigenvalue weighted by atomic mass is 16.6. The summed E-state index contributed by atoms with van der Waals surface area (Å²) < 4.78 is 12.5. The third-order valence-corrected chi connectivity index (χ3v) is 4.30. The second kappa shape index (κ2) is 5.35. The number of furan rings is 1. The number of aliphatic hydroxyl groups is 3. The lowest BCUT2D eigenvalue weighted by Crippen LogP contribution is -2.44. The number of aromatic nitrogens is 4. The topological polar surface area (TPSA) is 127 Å². The SMILES string of the molecule is C[C@]1(O)C(n2cnc3c(-c4ccco4)ncnc32)O[C@H](CO)[C@H]1O. The first-order valence-electron chi connectivity index (χ1n) is 7.42. The zero-order valence-corrected chi connectivity index (χ0v) is 12.8. The van der Waals surface area contributed by atoms with Gasteiger partial charge in [-0.3, -0.25) is 4.57 Å². The molecule has 0 amide bonds. The van der Waals surface area contributed by atoms with Crippen LogP contribution in [-0.4, -0.2) is 59.3 Å². The molecule has 1 fully saturated rings. The summed E-state index contributed by atoms with van der Waals surface area (Å²) in [6.45, 7) is 1.03. The molecule has 3 N–H and O–H groups in total. The van der Waals surface area contributed by atoms with Crippen LogP contribution in [0.3, 0.4) is 0 Å². The number of fused-ring (bicyclic) bond motifs is 1. The number of hydrogen-bond donors (Lipinski definition) is 3. The molecule has 126 valence electrons. The maximum atomic E-state index is 10.6. The Morgan fingerprint density at radius 2 is 2.17 bits per heavy atom. The van der Waals surface area contributed by atoms with Gasteiger partial charge in [0.25, 0.3) is 0 Å². The van der Waals surface area contributed by atoms with Crippen LogP contribution in [-0.2, 0) is 4.74 Å². The van der Waals surface area contributed by atoms with Crippen molar-refractivity contribution in [2.75, 3.05) is 6.61 Å². The molecular formula is C15H16N4O5. The Morgan fingerprint density at radius 1 is 1.33 bits per heavy atom. The largest absolute Gasteiger partial charge is 0.463 e. The van der Waals surface area contributed by atoms with Gasteiger partial charge in [0.05, 0.1) is 19.2 Å². The van der Waals surface area contributed by atoms with Crippen LogP contribution in [0.5, 0.6) is 0 Å². The molecule has 0 bridgehead atoms. The van der Waals surface area contributed by atoms with E-state index in [-0.39, 0.29) is 0 Å². The third-order valence-electron chi connectivity index (χ3n) is 4.30. The number of nitrogens with zero attached hydrogens (tertiary/aromatic N) is 4. The van der Waals surface area contributed by atoms with Gasteiger partial charge < -0.3 is 24.5 Å². The van der Waals surface area contributed by atoms with Crippen molar-refractivity contribution in [1.29, 1.82) is 0 Å². The van der Waals surface area contributed by atoms with Gasteiger partial charge >= 0.3 is 0 Å². The van der Waals surface area contributed by atoms with E-state index in [1.165, 1.54) is 30.4 Å². The lowest BCUT2D eigenvalue weighted by Gasteiger charge is -2.27. The van der Waals surface area contributed by atoms with Crippen LogP contribution in [0.1, 0.15) is 13.2 Å². The quantitative estimate of drug-likeness (QED) is 0.616. The van der Waals surface area contributed by atoms with Crippen molar-refractivity contribution in [3.8, 4) is 11.5 Å². The molecule has 0 aromatic carbocycles. The molecule has 24 heavy (non-hydrogen) atoms. The van der Waals surface area contributed by atoms with E-state index < -0.39 is 30.6 Å². The Kier molecular flexibility index (Phi) is 3.39. The maximum Gasteiger partial charge on any atom is 0.168 e. The molecule has 3 aromatic rings. The maximum absolute atomic E-state index is 10.6. The molecule has 3 aromatic heterocycles. The lowest BCUT2D eigenvalue weighted by atomic mass is 9.96. The second-order valence-electron chi connectivity index (χ2n) is 5.90. The van der Waals surface area contributed by atoms with E-state index in [0.717, 1.165) is 0 Å². The second-order valence-corrected chi connectivity index (χ2v) is 5.90. The molecule has 4 rings (SSSR count). The number of imidazole rings is 1. The molecular weight excluding hydrogens is 316 g/mol. The Morgan fingerprint density at radius 3 is 2.83 bits per heavy atom. The van der Waals surface area contributed by atoms with Gasteiger partial charge in [-0.05, 0) is 19.1 Å². The van der Waals surface area contributed by atoms with E-state index in [2.05, 4.69) is 15.0 Å². The average molecular weight is 332 g/mol. The first kappa shape index (κ1) is 15.2. The molecule has 1 unspecified atom stereocenters. The third kappa shape index (κ3) is 2.06. The van der Waals surface area contributed by atoms with E-state index in [9.17, 15) is 15.3 Å². The summed E-state index contributed by atoms with van der Waals surface area (Å²) in [5.74, 6) is 0.542. The van der Waals surface area contributed by atoms with E-state index in [0.29, 0.717) is 22.6 Å². The molecule has 0 radical (unpaired) electrons. The fourth-order valence-corrected chi connectivity index (χ4v) is 3.01. The first-order valence-corrected chi connectivity index (χ1v) is 7.42. The minimum atomic E-state index is -1.61. The Hall–Kier alpha value is -2.33. The lowest BCUT2D eigenvalue weighted by molar-refractivity contribution is -0.0950. The molecule has 1 saturated heterocycles. The van der Waals surface area contributed by atoms with Gasteiger partial charge in [0, 0.05) is 0 Å². The predicted molar refractivity (Wildman–Crippen MR) is 80.7 cm³/mol. The first-order chi connectivity index (χ1) is 11.5. The van der Waals surface area contributed by atoms with Crippen LogP contribution < -0.4 is 0 Å². The number of rotatable bonds is 3. The van der Waals surface area contributed by atoms with Crippen LogP contribution in [0, 0.1) is 0 Å². The van der Waals surface area contributed by atoms with Crippen LogP contribution >= 0.6 is 0 Å². The molecule has 9 heteroatoms. The smallest absolute Gasteiger partial charge is 0.168 e. The highest BCUT2D eigenvalue weighted by Crippen LogP contribution is 2.39. The molecule has 4 heterocycles. The van der Waals surface area contributed by atoms with E-state index in [1.807, 2.05) is 0 Å². The van der Waals surface area contributed by atoms with Gasteiger partial charge in [-0.25, -0.2) is 15.0 Å². The van der Waals surface area contributed by atoms with E-state index in [1.54, 1.807) is 12.1 Å². The van der Waals surface area contributed by atoms with Crippen molar-refractivity contribution in [2.45, 2.75) is 31.0 Å². The summed E-state index contributed by atoms with van der Waals surface area (Å²) in [6.07, 6.45) is 1.27. The summed E-state index contributed by atoms with van der Waals surface area (Å²) in [6, 6.07) is 3.50. The Bertz CT molecular complexity index is 860. The van der Waals surface area contributed by atoms with Gasteiger partial charge in [-0.1, -0.05) is 0 Å². The van der Waals surface area contributed by atoms with Crippen LogP contribution in [0.15, 0.2) is 35.5 Å². The normalized spacial score (nSPS) is 30.2. The molecule has 0 saturated carbocycles. The average Bonchev–Trinajstić information content (AvgIpc) is 3.28. The minimum Gasteiger partial charge on any atom is -0.463 e. The van der Waals surface area contributed by atoms with Gasteiger partial charge in [0.2, 0.25) is 0 Å². The van der Waals surface area contributed by atoms with Crippen molar-refractivity contribution in [1.82, 2.24) is 19.5 Å². The highest BCUT2D eigenvalue weighted by Gasteiger charge is 2.53. The van der Waals surface area contributed by atoms with Gasteiger partial charge in [-0.2, -0.15) is 0 Å². The molecule has 4 atom stereocenters. The standard InChI is InChI=1S/C15H16N4O5/c1-15(22)12(21)9(5-20)24-14(15)19-7-18-11-10(8-3-2-4-23-8)16-6-17-13(11)19/h2-4,6-7,9,12,14,20-22H,5H2,1H3/t9-,12-,14?,15-/m1/s1. The summed E-state index contributed by atoms with van der Waals surface area (Å²) in [7, 11) is 0. The number of hydrogen-bond acceptors (Lipinski definition) is 8. The molecule has 1 aliphatic heterocycles. The molecule has 0 spiro atoms. The van der Waals surface area contributed by atoms with Gasteiger partial charge in [0.15, 0.2) is 17.6 Å². The predicted octanol–water partition coefficient (Wildman–Crippen LogP) is 0.0879. The number of aliphatic hydroxyl groups excluding tert-OH is 2. The molecule has 1 aliphatic rings. The molecule has 0 aliphatic carbocycles. The summed E-state index contributed by atoms with van der Waals surface area (Å²) in [5, 5.41) is 30.1. The van der Waals surface area contributed by atoms with Gasteiger partial charge in [0.1, 0.15) is 35.3 Å². The number of ether oxygens (including phenoxy) is 1. The minimum absolute atomic E-state index is 0.410. The monoisotopic (exact) mass is 332 g/mol. The van der Waals surface area contributed by atoms with Crippen molar-refractivity contribution < 1.29 is 24.5 Å². The van der Waals surface area contributed by atoms with Crippen molar-refractivity contribution in [3.05, 3.63) is 31.1 Å². The summed E-state index contributed by atoms with van der Waals surface area (Å²) in [4.78, 5) is 12.7. The van der Waals surface area contributed by atoms with E-state index >= 15 is 0 Å². The Labute approximate surface area is 136 Å². The fraction of sp³-hybridized carbons (Fsp3) is 0.400. The van der Waals surface area contributed by atoms with Crippen LogP contribution in [0.4, 0.5) is 0 Å².